The summed E-state index contributed by atoms with van der Waals surface area (Å²) in [4.78, 5) is 83.3. The fraction of sp³-hybridized carbons (Fsp3) is 0.513. The van der Waals surface area contributed by atoms with E-state index in [9.17, 15) is 34.0 Å². The highest BCUT2D eigenvalue weighted by Gasteiger charge is 2.43. The number of nitrogens with one attached hydrogen (secondary N) is 1. The molecule has 2 aromatic rings. The molecular weight excluding hydrogens is 698 g/mol. The first-order valence-electron chi connectivity index (χ1n) is 17.9. The summed E-state index contributed by atoms with van der Waals surface area (Å²) in [6.45, 7) is 11.2. The van der Waals surface area contributed by atoms with Gasteiger partial charge in [-0.3, -0.25) is 19.2 Å². The molecule has 5 rings (SSSR count). The summed E-state index contributed by atoms with van der Waals surface area (Å²) in [6, 6.07) is 11.7. The van der Waals surface area contributed by atoms with Gasteiger partial charge in [0.2, 0.25) is 12.0 Å². The van der Waals surface area contributed by atoms with Crippen LogP contribution < -0.4 is 15.1 Å². The number of esters is 1. The summed E-state index contributed by atoms with van der Waals surface area (Å²) in [5.74, 6) is -1.86. The predicted octanol–water partition coefficient (Wildman–Crippen LogP) is 5.22. The summed E-state index contributed by atoms with van der Waals surface area (Å²) in [5.41, 5.74) is 0.723. The molecule has 0 bridgehead atoms. The molecule has 0 spiro atoms. The average molecular weight is 746 g/mol. The van der Waals surface area contributed by atoms with Crippen LogP contribution in [0.15, 0.2) is 36.4 Å². The van der Waals surface area contributed by atoms with Gasteiger partial charge >= 0.3 is 18.2 Å². The lowest BCUT2D eigenvalue weighted by Gasteiger charge is -2.36. The summed E-state index contributed by atoms with van der Waals surface area (Å²) in [5, 5.41) is 12.5. The van der Waals surface area contributed by atoms with E-state index in [-0.39, 0.29) is 35.9 Å². The minimum atomic E-state index is -1.72. The highest BCUT2D eigenvalue weighted by atomic mass is 16.6. The van der Waals surface area contributed by atoms with E-state index < -0.39 is 59.9 Å². The van der Waals surface area contributed by atoms with Gasteiger partial charge in [0.25, 0.3) is 11.8 Å². The Kier molecular flexibility index (Phi) is 11.7. The molecule has 5 amide bonds. The van der Waals surface area contributed by atoms with Gasteiger partial charge in [-0.25, -0.2) is 14.5 Å². The highest BCUT2D eigenvalue weighted by Crippen LogP contribution is 2.37. The number of rotatable bonds is 9. The maximum atomic E-state index is 14.0. The molecule has 0 unspecified atom stereocenters. The zero-order chi connectivity index (χ0) is 39.5. The molecule has 54 heavy (non-hydrogen) atoms. The summed E-state index contributed by atoms with van der Waals surface area (Å²) < 4.78 is 22.0. The van der Waals surface area contributed by atoms with Crippen molar-refractivity contribution in [3.63, 3.8) is 0 Å². The Morgan fingerprint density at radius 2 is 1.65 bits per heavy atom. The van der Waals surface area contributed by atoms with Crippen LogP contribution in [0.4, 0.5) is 26.7 Å². The summed E-state index contributed by atoms with van der Waals surface area (Å²) in [7, 11) is 0. The van der Waals surface area contributed by atoms with E-state index >= 15 is 0 Å². The smallest absolute Gasteiger partial charge is 0.420 e. The Labute approximate surface area is 314 Å². The van der Waals surface area contributed by atoms with E-state index in [0.717, 1.165) is 31.0 Å². The molecule has 2 aromatic carbocycles. The number of carbonyl (C=O) groups is 6. The van der Waals surface area contributed by atoms with Crippen LogP contribution in [0.25, 0.3) is 0 Å². The maximum Gasteiger partial charge on any atom is 0.420 e. The first kappa shape index (κ1) is 39.7. The number of carbonyl (C=O) groups excluding carboxylic acids is 6. The van der Waals surface area contributed by atoms with E-state index in [2.05, 4.69) is 5.32 Å². The molecular formula is C39H47N5O10. The van der Waals surface area contributed by atoms with Gasteiger partial charge < -0.3 is 34.1 Å². The maximum absolute atomic E-state index is 14.0. The van der Waals surface area contributed by atoms with Crippen molar-refractivity contribution in [2.24, 2.45) is 5.92 Å². The van der Waals surface area contributed by atoms with Crippen molar-refractivity contribution in [3.05, 3.63) is 53.1 Å². The van der Waals surface area contributed by atoms with Crippen molar-refractivity contribution in [1.82, 2.24) is 4.90 Å². The van der Waals surface area contributed by atoms with Crippen LogP contribution in [-0.4, -0.2) is 83.9 Å². The number of morpholine rings is 1. The monoisotopic (exact) mass is 745 g/mol. The number of hydrogen-bond acceptors (Lipinski definition) is 11. The van der Waals surface area contributed by atoms with E-state index in [4.69, 9.17) is 18.9 Å². The second-order valence-corrected chi connectivity index (χ2v) is 15.6. The van der Waals surface area contributed by atoms with Crippen LogP contribution in [0, 0.1) is 17.2 Å². The molecule has 2 atom stereocenters. The Morgan fingerprint density at radius 3 is 2.24 bits per heavy atom. The van der Waals surface area contributed by atoms with Crippen LogP contribution in [0.3, 0.4) is 0 Å². The predicted molar refractivity (Wildman–Crippen MR) is 195 cm³/mol. The topological polar surface area (TPSA) is 185 Å². The van der Waals surface area contributed by atoms with E-state index in [1.807, 2.05) is 18.2 Å². The summed E-state index contributed by atoms with van der Waals surface area (Å²) in [6.07, 6.45) is -2.10. The molecule has 15 nitrogen and oxygen atoms in total. The van der Waals surface area contributed by atoms with Crippen LogP contribution in [-0.2, 0) is 51.1 Å². The third-order valence-corrected chi connectivity index (χ3v) is 8.72. The summed E-state index contributed by atoms with van der Waals surface area (Å²) >= 11 is 0. The standard InChI is InChI=1S/C39H47N5O10/c1-23(45)52-32(33-35(48)42(16-17-51-33)29-14-11-25-12-15-31(46)43(30(25)19-29)21-24-8-9-24)34(47)41-28-13-10-26(20-40)27(18-28)22-44(36(49)53-38(2,3)4)37(50)54-39(5,6)7/h10-11,13-14,18-19,24,32-33H,8-9,12,15-17,21-22H2,1-7H3,(H,41,47)/t32-,33-/m1/s1. The van der Waals surface area contributed by atoms with Gasteiger partial charge in [-0.15, -0.1) is 0 Å². The first-order chi connectivity index (χ1) is 25.3. The van der Waals surface area contributed by atoms with Crippen LogP contribution in [0.1, 0.15) is 84.4 Å². The average Bonchev–Trinajstić information content (AvgIpc) is 3.90. The Bertz CT molecular complexity index is 1840. The van der Waals surface area contributed by atoms with Gasteiger partial charge in [0.1, 0.15) is 11.2 Å². The van der Waals surface area contributed by atoms with Crippen molar-refractivity contribution in [1.29, 1.82) is 5.26 Å². The number of nitriles is 1. The number of aryl methyl sites for hydroxylation is 1. The van der Waals surface area contributed by atoms with E-state index in [1.165, 1.54) is 23.1 Å². The van der Waals surface area contributed by atoms with Crippen molar-refractivity contribution in [2.75, 3.05) is 34.8 Å². The minimum Gasteiger partial charge on any atom is -0.449 e. The van der Waals surface area contributed by atoms with Crippen molar-refractivity contribution in [2.45, 2.75) is 104 Å². The fourth-order valence-electron chi connectivity index (χ4n) is 6.10. The minimum absolute atomic E-state index is 0.0232. The molecule has 2 fully saturated rings. The number of ether oxygens (including phenoxy) is 4. The third kappa shape index (κ3) is 9.93. The Hall–Kier alpha value is -5.49. The number of amides is 5. The van der Waals surface area contributed by atoms with Gasteiger partial charge in [0.15, 0.2) is 6.10 Å². The lowest BCUT2D eigenvalue weighted by atomic mass is 9.99. The van der Waals surface area contributed by atoms with Crippen molar-refractivity contribution < 1.29 is 47.7 Å². The van der Waals surface area contributed by atoms with Gasteiger partial charge in [-0.05, 0) is 108 Å². The normalized spacial score (nSPS) is 17.9. The number of hydrogen-bond donors (Lipinski definition) is 1. The highest BCUT2D eigenvalue weighted by molar-refractivity contribution is 6.05. The van der Waals surface area contributed by atoms with Crippen LogP contribution in [0.2, 0.25) is 0 Å². The van der Waals surface area contributed by atoms with Crippen LogP contribution in [0.5, 0.6) is 0 Å². The molecule has 1 N–H and O–H groups in total. The van der Waals surface area contributed by atoms with Gasteiger partial charge in [-0.2, -0.15) is 5.26 Å². The first-order valence-corrected chi connectivity index (χ1v) is 17.9. The number of nitrogens with zero attached hydrogens (tertiary/aromatic N) is 4. The number of imide groups is 1. The fourth-order valence-corrected chi connectivity index (χ4v) is 6.10. The number of anilines is 3. The molecule has 3 aliphatic rings. The second-order valence-electron chi connectivity index (χ2n) is 15.6. The third-order valence-electron chi connectivity index (χ3n) is 8.72. The molecule has 1 aliphatic carbocycles. The van der Waals surface area contributed by atoms with Crippen molar-refractivity contribution in [3.8, 4) is 6.07 Å². The number of benzene rings is 2. The lowest BCUT2D eigenvalue weighted by molar-refractivity contribution is -0.167. The zero-order valence-electron chi connectivity index (χ0n) is 31.7. The second kappa shape index (κ2) is 15.9. The zero-order valence-corrected chi connectivity index (χ0v) is 31.7. The quantitative estimate of drug-likeness (QED) is 0.262. The molecule has 2 heterocycles. The molecule has 288 valence electrons. The van der Waals surface area contributed by atoms with Crippen molar-refractivity contribution >= 4 is 52.9 Å². The molecule has 1 saturated carbocycles. The van der Waals surface area contributed by atoms with E-state index in [1.54, 1.807) is 52.5 Å². The van der Waals surface area contributed by atoms with Crippen LogP contribution >= 0.6 is 0 Å². The Balaban J connectivity index is 1.38. The van der Waals surface area contributed by atoms with Gasteiger partial charge in [0, 0.05) is 43.5 Å². The molecule has 2 aliphatic heterocycles. The SMILES string of the molecule is CC(=O)O[C@@H](C(=O)Nc1ccc(C#N)c(CN(C(=O)OC(C)(C)C)C(=O)OC(C)(C)C)c1)[C@H]1OCCN(c2ccc3c(c2)N(CC2CC2)C(=O)CC3)C1=O. The van der Waals surface area contributed by atoms with E-state index in [0.29, 0.717) is 35.9 Å². The Morgan fingerprint density at radius 1 is 0.981 bits per heavy atom. The van der Waals surface area contributed by atoms with Gasteiger partial charge in [0.05, 0.1) is 24.8 Å². The molecule has 15 heteroatoms. The largest absolute Gasteiger partial charge is 0.449 e. The molecule has 0 aromatic heterocycles. The van der Waals surface area contributed by atoms with Gasteiger partial charge in [-0.1, -0.05) is 6.07 Å². The molecule has 1 saturated heterocycles. The number of fused-ring (bicyclic) bond motifs is 1. The lowest BCUT2D eigenvalue weighted by Crippen LogP contribution is -2.56. The molecule has 0 radical (unpaired) electrons.